The van der Waals surface area contributed by atoms with Crippen LogP contribution in [0, 0.1) is 5.41 Å². The summed E-state index contributed by atoms with van der Waals surface area (Å²) in [6.45, 7) is 0.590. The second-order valence-electron chi connectivity index (χ2n) is 5.84. The highest BCUT2D eigenvalue weighted by Crippen LogP contribution is 2.38. The topological polar surface area (TPSA) is 64.3 Å². The first-order valence-electron chi connectivity index (χ1n) is 7.42. The fourth-order valence-electron chi connectivity index (χ4n) is 3.04. The number of rotatable bonds is 5. The molecule has 0 atom stereocenters. The van der Waals surface area contributed by atoms with Crippen molar-refractivity contribution < 1.29 is 9.53 Å². The smallest absolute Gasteiger partial charge is 0.224 e. The molecule has 0 unspecified atom stereocenters. The molecule has 1 aromatic carbocycles. The molecule has 1 amide bonds. The zero-order valence-electron chi connectivity index (χ0n) is 12.9. The number of amides is 1. The summed E-state index contributed by atoms with van der Waals surface area (Å²) in [4.78, 5) is 12.3. The van der Waals surface area contributed by atoms with Crippen molar-refractivity contribution in [2.45, 2.75) is 38.5 Å². The lowest BCUT2D eigenvalue weighted by atomic mass is 9.71. The number of anilines is 1. The number of hydrogen-bond acceptors (Lipinski definition) is 3. The number of nitrogens with one attached hydrogen (secondary N) is 1. The van der Waals surface area contributed by atoms with Gasteiger partial charge in [-0.1, -0.05) is 19.3 Å². The van der Waals surface area contributed by atoms with Gasteiger partial charge in [0.15, 0.2) is 0 Å². The standard InChI is InChI=1S/C16H23BrN2O2.ClH/c1-21-14-6-5-12(9-13(14)17)19-15(20)10-16(11-18)7-3-2-4-8-16;/h5-6,9H,2-4,7-8,10-11,18H2,1H3,(H,19,20);1H. The van der Waals surface area contributed by atoms with Gasteiger partial charge in [-0.2, -0.15) is 0 Å². The fourth-order valence-corrected chi connectivity index (χ4v) is 3.59. The average molecular weight is 392 g/mol. The molecule has 6 heteroatoms. The van der Waals surface area contributed by atoms with E-state index in [2.05, 4.69) is 21.2 Å². The summed E-state index contributed by atoms with van der Waals surface area (Å²) in [5.74, 6) is 0.790. The lowest BCUT2D eigenvalue weighted by Crippen LogP contribution is -2.36. The van der Waals surface area contributed by atoms with Crippen LogP contribution in [0.4, 0.5) is 5.69 Å². The lowest BCUT2D eigenvalue weighted by Gasteiger charge is -2.35. The average Bonchev–Trinajstić information content (AvgIpc) is 2.48. The maximum Gasteiger partial charge on any atom is 0.224 e. The Morgan fingerprint density at radius 3 is 2.59 bits per heavy atom. The monoisotopic (exact) mass is 390 g/mol. The molecule has 1 saturated carbocycles. The number of carbonyl (C=O) groups is 1. The summed E-state index contributed by atoms with van der Waals surface area (Å²) < 4.78 is 6.01. The lowest BCUT2D eigenvalue weighted by molar-refractivity contribution is -0.118. The molecule has 124 valence electrons. The van der Waals surface area contributed by atoms with Crippen molar-refractivity contribution in [1.82, 2.24) is 0 Å². The van der Waals surface area contributed by atoms with Crippen molar-refractivity contribution in [2.24, 2.45) is 11.1 Å². The number of ether oxygens (including phenoxy) is 1. The molecule has 1 aromatic rings. The Morgan fingerprint density at radius 1 is 1.36 bits per heavy atom. The second-order valence-corrected chi connectivity index (χ2v) is 6.69. The highest BCUT2D eigenvalue weighted by Gasteiger charge is 2.32. The Labute approximate surface area is 146 Å². The van der Waals surface area contributed by atoms with E-state index in [0.717, 1.165) is 28.8 Å². The van der Waals surface area contributed by atoms with Gasteiger partial charge in [0.05, 0.1) is 11.6 Å². The van der Waals surface area contributed by atoms with Gasteiger partial charge in [-0.15, -0.1) is 12.4 Å². The highest BCUT2D eigenvalue weighted by atomic mass is 79.9. The van der Waals surface area contributed by atoms with Crippen LogP contribution in [0.25, 0.3) is 0 Å². The molecule has 0 radical (unpaired) electrons. The van der Waals surface area contributed by atoms with Crippen molar-refractivity contribution in [3.05, 3.63) is 22.7 Å². The molecule has 2 rings (SSSR count). The van der Waals surface area contributed by atoms with E-state index in [9.17, 15) is 4.79 Å². The third-order valence-corrected chi connectivity index (χ3v) is 4.94. The van der Waals surface area contributed by atoms with E-state index in [-0.39, 0.29) is 23.7 Å². The Bertz CT molecular complexity index is 505. The molecule has 1 fully saturated rings. The summed E-state index contributed by atoms with van der Waals surface area (Å²) >= 11 is 3.42. The summed E-state index contributed by atoms with van der Waals surface area (Å²) in [5, 5.41) is 2.96. The number of carbonyl (C=O) groups excluding carboxylic acids is 1. The summed E-state index contributed by atoms with van der Waals surface area (Å²) in [6, 6.07) is 5.53. The van der Waals surface area contributed by atoms with Crippen LogP contribution >= 0.6 is 28.3 Å². The van der Waals surface area contributed by atoms with Crippen molar-refractivity contribution in [3.8, 4) is 5.75 Å². The van der Waals surface area contributed by atoms with Crippen LogP contribution in [-0.2, 0) is 4.79 Å². The van der Waals surface area contributed by atoms with Crippen LogP contribution in [0.1, 0.15) is 38.5 Å². The number of halogens is 2. The molecule has 4 nitrogen and oxygen atoms in total. The highest BCUT2D eigenvalue weighted by molar-refractivity contribution is 9.10. The predicted octanol–water partition coefficient (Wildman–Crippen LogP) is 4.12. The number of hydrogen-bond donors (Lipinski definition) is 2. The third kappa shape index (κ3) is 4.86. The first kappa shape index (κ1) is 19.3. The minimum absolute atomic E-state index is 0. The maximum absolute atomic E-state index is 12.3. The number of nitrogens with two attached hydrogens (primary N) is 1. The predicted molar refractivity (Wildman–Crippen MR) is 95.8 cm³/mol. The Kier molecular flexibility index (Phi) is 7.66. The second kappa shape index (κ2) is 8.75. The molecular formula is C16H24BrClN2O2. The van der Waals surface area contributed by atoms with Gasteiger partial charge in [-0.25, -0.2) is 0 Å². The molecule has 0 bridgehead atoms. The molecule has 0 aromatic heterocycles. The van der Waals surface area contributed by atoms with Gasteiger partial charge in [-0.3, -0.25) is 4.79 Å². The first-order chi connectivity index (χ1) is 10.1. The molecule has 1 aliphatic rings. The quantitative estimate of drug-likeness (QED) is 0.793. The van der Waals surface area contributed by atoms with E-state index in [1.165, 1.54) is 19.3 Å². The Hall–Kier alpha value is -0.780. The molecular weight excluding hydrogens is 368 g/mol. The van der Waals surface area contributed by atoms with E-state index < -0.39 is 0 Å². The summed E-state index contributed by atoms with van der Waals surface area (Å²) in [6.07, 6.45) is 6.24. The summed E-state index contributed by atoms with van der Waals surface area (Å²) in [7, 11) is 1.62. The van der Waals surface area contributed by atoms with Crippen LogP contribution < -0.4 is 15.8 Å². The van der Waals surface area contributed by atoms with Crippen LogP contribution in [0.15, 0.2) is 22.7 Å². The zero-order valence-corrected chi connectivity index (χ0v) is 15.3. The minimum atomic E-state index is -0.00790. The van der Waals surface area contributed by atoms with E-state index in [1.807, 2.05) is 18.2 Å². The van der Waals surface area contributed by atoms with Crippen molar-refractivity contribution in [1.29, 1.82) is 0 Å². The van der Waals surface area contributed by atoms with E-state index in [4.69, 9.17) is 10.5 Å². The SMILES string of the molecule is COc1ccc(NC(=O)CC2(CN)CCCCC2)cc1Br.Cl. The van der Waals surface area contributed by atoms with Crippen molar-refractivity contribution in [3.63, 3.8) is 0 Å². The molecule has 0 heterocycles. The summed E-state index contributed by atoms with van der Waals surface area (Å²) in [5.41, 5.74) is 6.70. The van der Waals surface area contributed by atoms with Gasteiger partial charge in [0.25, 0.3) is 0 Å². The minimum Gasteiger partial charge on any atom is -0.496 e. The molecule has 1 aliphatic carbocycles. The van der Waals surface area contributed by atoms with Crippen LogP contribution in [-0.4, -0.2) is 19.6 Å². The van der Waals surface area contributed by atoms with Gasteiger partial charge in [0.2, 0.25) is 5.91 Å². The van der Waals surface area contributed by atoms with Crippen molar-refractivity contribution >= 4 is 39.9 Å². The van der Waals surface area contributed by atoms with E-state index in [1.54, 1.807) is 7.11 Å². The Morgan fingerprint density at radius 2 is 2.05 bits per heavy atom. The molecule has 0 saturated heterocycles. The number of methoxy groups -OCH3 is 1. The van der Waals surface area contributed by atoms with Crippen LogP contribution in [0.2, 0.25) is 0 Å². The van der Waals surface area contributed by atoms with Crippen molar-refractivity contribution in [2.75, 3.05) is 19.0 Å². The molecule has 22 heavy (non-hydrogen) atoms. The van der Waals surface area contributed by atoms with E-state index >= 15 is 0 Å². The van der Waals surface area contributed by atoms with Gasteiger partial charge in [0.1, 0.15) is 5.75 Å². The maximum atomic E-state index is 12.3. The largest absolute Gasteiger partial charge is 0.496 e. The third-order valence-electron chi connectivity index (χ3n) is 4.32. The fraction of sp³-hybridized carbons (Fsp3) is 0.562. The number of benzene rings is 1. The molecule has 3 N–H and O–H groups in total. The van der Waals surface area contributed by atoms with Crippen LogP contribution in [0.3, 0.4) is 0 Å². The molecule has 0 spiro atoms. The van der Waals surface area contributed by atoms with Gasteiger partial charge in [0, 0.05) is 12.1 Å². The van der Waals surface area contributed by atoms with Gasteiger partial charge >= 0.3 is 0 Å². The zero-order chi connectivity index (χ0) is 15.3. The van der Waals surface area contributed by atoms with E-state index in [0.29, 0.717) is 13.0 Å². The van der Waals surface area contributed by atoms with Crippen LogP contribution in [0.5, 0.6) is 5.75 Å². The van der Waals surface area contributed by atoms with Gasteiger partial charge < -0.3 is 15.8 Å². The normalized spacial score (nSPS) is 16.5. The van der Waals surface area contributed by atoms with Gasteiger partial charge in [-0.05, 0) is 58.9 Å². The molecule has 0 aliphatic heterocycles. The Balaban J connectivity index is 0.00000242. The first-order valence-corrected chi connectivity index (χ1v) is 8.21.